The summed E-state index contributed by atoms with van der Waals surface area (Å²) in [5, 5.41) is 11.6. The third kappa shape index (κ3) is 4.34. The van der Waals surface area contributed by atoms with Gasteiger partial charge >= 0.3 is 5.97 Å². The highest BCUT2D eigenvalue weighted by molar-refractivity contribution is 5.87. The van der Waals surface area contributed by atoms with Crippen LogP contribution in [-0.2, 0) is 14.3 Å². The predicted molar refractivity (Wildman–Crippen MR) is 62.5 cm³/mol. The Morgan fingerprint density at radius 3 is 2.59 bits per heavy atom. The van der Waals surface area contributed by atoms with E-state index in [9.17, 15) is 9.59 Å². The molecule has 17 heavy (non-hydrogen) atoms. The molecule has 0 bridgehead atoms. The average Bonchev–Trinajstić information content (AvgIpc) is 2.96. The molecule has 0 aromatic rings. The van der Waals surface area contributed by atoms with Crippen LogP contribution in [0.2, 0.25) is 0 Å². The standard InChI is InChI=1S/C12H21NO4/c1-4-17-10-6-8(10)11(14)13-9(12(15)16)5-7(2)3/h7-10H,4-6H2,1-3H3,(H,13,14)(H,15,16)/t8?,9-,10?/m1/s1. The van der Waals surface area contributed by atoms with E-state index in [1.165, 1.54) is 0 Å². The summed E-state index contributed by atoms with van der Waals surface area (Å²) in [7, 11) is 0. The third-order valence-electron chi connectivity index (χ3n) is 2.77. The largest absolute Gasteiger partial charge is 0.480 e. The first-order chi connectivity index (χ1) is 7.95. The normalized spacial score (nSPS) is 24.5. The number of carbonyl (C=O) groups is 2. The number of carboxylic acids is 1. The lowest BCUT2D eigenvalue weighted by molar-refractivity contribution is -0.142. The average molecular weight is 243 g/mol. The maximum absolute atomic E-state index is 11.7. The number of rotatable bonds is 7. The third-order valence-corrected chi connectivity index (χ3v) is 2.77. The molecule has 1 aliphatic rings. The summed E-state index contributed by atoms with van der Waals surface area (Å²) in [6.07, 6.45) is 1.13. The summed E-state index contributed by atoms with van der Waals surface area (Å²) in [4.78, 5) is 22.7. The number of carbonyl (C=O) groups excluding carboxylic acids is 1. The van der Waals surface area contributed by atoms with Crippen molar-refractivity contribution in [3.8, 4) is 0 Å². The summed E-state index contributed by atoms with van der Waals surface area (Å²) in [6.45, 7) is 6.33. The molecule has 2 unspecified atom stereocenters. The molecule has 1 saturated carbocycles. The molecule has 5 nitrogen and oxygen atoms in total. The highest BCUT2D eigenvalue weighted by Crippen LogP contribution is 2.33. The second-order valence-corrected chi connectivity index (χ2v) is 4.86. The van der Waals surface area contributed by atoms with Crippen LogP contribution in [0.4, 0.5) is 0 Å². The molecule has 0 aromatic carbocycles. The SMILES string of the molecule is CCOC1CC1C(=O)N[C@H](CC(C)C)C(=O)O. The summed E-state index contributed by atoms with van der Waals surface area (Å²) in [5.74, 6) is -1.10. The van der Waals surface area contributed by atoms with Gasteiger partial charge in [-0.25, -0.2) is 4.79 Å². The van der Waals surface area contributed by atoms with Gasteiger partial charge in [-0.2, -0.15) is 0 Å². The molecule has 0 spiro atoms. The number of amides is 1. The molecule has 2 N–H and O–H groups in total. The first-order valence-electron chi connectivity index (χ1n) is 6.10. The van der Waals surface area contributed by atoms with Gasteiger partial charge in [0.15, 0.2) is 0 Å². The maximum Gasteiger partial charge on any atom is 0.326 e. The van der Waals surface area contributed by atoms with Crippen LogP contribution >= 0.6 is 0 Å². The van der Waals surface area contributed by atoms with Crippen molar-refractivity contribution < 1.29 is 19.4 Å². The van der Waals surface area contributed by atoms with Gasteiger partial charge < -0.3 is 15.2 Å². The molecule has 1 aliphatic carbocycles. The number of ether oxygens (including phenoxy) is 1. The molecule has 3 atom stereocenters. The fourth-order valence-corrected chi connectivity index (χ4v) is 1.82. The van der Waals surface area contributed by atoms with Crippen molar-refractivity contribution in [2.45, 2.75) is 45.8 Å². The Morgan fingerprint density at radius 2 is 2.12 bits per heavy atom. The van der Waals surface area contributed by atoms with Gasteiger partial charge in [0.25, 0.3) is 0 Å². The second kappa shape index (κ2) is 6.00. The van der Waals surface area contributed by atoms with Crippen molar-refractivity contribution in [2.24, 2.45) is 11.8 Å². The van der Waals surface area contributed by atoms with E-state index in [1.54, 1.807) is 0 Å². The molecule has 0 saturated heterocycles. The van der Waals surface area contributed by atoms with Gasteiger partial charge in [0.1, 0.15) is 6.04 Å². The van der Waals surface area contributed by atoms with Gasteiger partial charge in [-0.1, -0.05) is 13.8 Å². The van der Waals surface area contributed by atoms with Crippen molar-refractivity contribution >= 4 is 11.9 Å². The van der Waals surface area contributed by atoms with Crippen molar-refractivity contribution in [1.82, 2.24) is 5.32 Å². The van der Waals surface area contributed by atoms with Gasteiger partial charge in [-0.3, -0.25) is 4.79 Å². The summed E-state index contributed by atoms with van der Waals surface area (Å²) in [5.41, 5.74) is 0. The summed E-state index contributed by atoms with van der Waals surface area (Å²) >= 11 is 0. The lowest BCUT2D eigenvalue weighted by atomic mass is 10.0. The summed E-state index contributed by atoms with van der Waals surface area (Å²) in [6, 6.07) is -0.787. The van der Waals surface area contributed by atoms with Gasteiger partial charge in [0.05, 0.1) is 12.0 Å². The van der Waals surface area contributed by atoms with E-state index in [0.29, 0.717) is 19.4 Å². The first kappa shape index (κ1) is 14.0. The summed E-state index contributed by atoms with van der Waals surface area (Å²) < 4.78 is 5.30. The molecule has 0 radical (unpaired) electrons. The molecule has 98 valence electrons. The number of carboxylic acid groups (broad SMARTS) is 1. The van der Waals surface area contributed by atoms with E-state index >= 15 is 0 Å². The Hall–Kier alpha value is -1.10. The Bertz CT molecular complexity index is 290. The minimum absolute atomic E-state index is 0.0199. The monoisotopic (exact) mass is 243 g/mol. The predicted octanol–water partition coefficient (Wildman–Crippen LogP) is 1.03. The number of aliphatic carboxylic acids is 1. The van der Waals surface area contributed by atoms with Crippen LogP contribution in [0.15, 0.2) is 0 Å². The van der Waals surface area contributed by atoms with E-state index < -0.39 is 12.0 Å². The topological polar surface area (TPSA) is 75.6 Å². The fraction of sp³-hybridized carbons (Fsp3) is 0.833. The highest BCUT2D eigenvalue weighted by Gasteiger charge is 2.44. The van der Waals surface area contributed by atoms with Crippen molar-refractivity contribution in [1.29, 1.82) is 0 Å². The van der Waals surface area contributed by atoms with E-state index in [-0.39, 0.29) is 23.8 Å². The Balaban J connectivity index is 2.40. The Morgan fingerprint density at radius 1 is 1.47 bits per heavy atom. The lowest BCUT2D eigenvalue weighted by Gasteiger charge is -2.16. The Labute approximate surface area is 102 Å². The number of hydrogen-bond acceptors (Lipinski definition) is 3. The van der Waals surface area contributed by atoms with Crippen LogP contribution in [-0.4, -0.2) is 35.7 Å². The molecule has 1 rings (SSSR count). The van der Waals surface area contributed by atoms with Crippen molar-refractivity contribution in [3.63, 3.8) is 0 Å². The van der Waals surface area contributed by atoms with E-state index in [4.69, 9.17) is 9.84 Å². The molecule has 5 heteroatoms. The van der Waals surface area contributed by atoms with Crippen LogP contribution in [0.5, 0.6) is 0 Å². The Kier molecular flexibility index (Phi) is 4.93. The van der Waals surface area contributed by atoms with Crippen LogP contribution in [0.25, 0.3) is 0 Å². The number of hydrogen-bond donors (Lipinski definition) is 2. The quantitative estimate of drug-likeness (QED) is 0.700. The molecule has 0 aliphatic heterocycles. The molecule has 1 amide bonds. The van der Waals surface area contributed by atoms with Gasteiger partial charge in [0, 0.05) is 6.61 Å². The van der Waals surface area contributed by atoms with E-state index in [0.717, 1.165) is 0 Å². The smallest absolute Gasteiger partial charge is 0.326 e. The van der Waals surface area contributed by atoms with Crippen molar-refractivity contribution in [2.75, 3.05) is 6.61 Å². The first-order valence-corrected chi connectivity index (χ1v) is 6.10. The van der Waals surface area contributed by atoms with Crippen LogP contribution in [0.3, 0.4) is 0 Å². The van der Waals surface area contributed by atoms with E-state index in [1.807, 2.05) is 20.8 Å². The van der Waals surface area contributed by atoms with Gasteiger partial charge in [-0.15, -0.1) is 0 Å². The molecule has 1 fully saturated rings. The zero-order valence-electron chi connectivity index (χ0n) is 10.6. The molecule has 0 heterocycles. The molecular formula is C12H21NO4. The minimum Gasteiger partial charge on any atom is -0.480 e. The zero-order chi connectivity index (χ0) is 13.0. The zero-order valence-corrected chi connectivity index (χ0v) is 10.6. The van der Waals surface area contributed by atoms with Gasteiger partial charge in [-0.05, 0) is 25.7 Å². The minimum atomic E-state index is -0.972. The highest BCUT2D eigenvalue weighted by atomic mass is 16.5. The van der Waals surface area contributed by atoms with Crippen LogP contribution in [0, 0.1) is 11.8 Å². The van der Waals surface area contributed by atoms with E-state index in [2.05, 4.69) is 5.32 Å². The van der Waals surface area contributed by atoms with Gasteiger partial charge in [0.2, 0.25) is 5.91 Å². The van der Waals surface area contributed by atoms with Crippen molar-refractivity contribution in [3.05, 3.63) is 0 Å². The second-order valence-electron chi connectivity index (χ2n) is 4.86. The fourth-order valence-electron chi connectivity index (χ4n) is 1.82. The molecular weight excluding hydrogens is 222 g/mol. The van der Waals surface area contributed by atoms with Crippen LogP contribution < -0.4 is 5.32 Å². The number of nitrogens with one attached hydrogen (secondary N) is 1. The maximum atomic E-state index is 11.7. The lowest BCUT2D eigenvalue weighted by Crippen LogP contribution is -2.42. The molecule has 0 aromatic heterocycles. The van der Waals surface area contributed by atoms with Crippen LogP contribution in [0.1, 0.15) is 33.6 Å².